The van der Waals surface area contributed by atoms with Gasteiger partial charge in [-0.2, -0.15) is 0 Å². The molecule has 0 aliphatic carbocycles. The largest absolute Gasteiger partial charge is 0.481 e. The highest BCUT2D eigenvalue weighted by Crippen LogP contribution is 2.28. The van der Waals surface area contributed by atoms with Crippen molar-refractivity contribution in [3.05, 3.63) is 38.9 Å². The molecule has 112 valence electrons. The summed E-state index contributed by atoms with van der Waals surface area (Å²) in [5.41, 5.74) is -0.0599. The zero-order valence-electron chi connectivity index (χ0n) is 11.2. The number of carbonyl (C=O) groups excluding carboxylic acids is 1. The number of carboxylic acid groups (broad SMARTS) is 1. The monoisotopic (exact) mass is 312 g/mol. The maximum atomic E-state index is 12.3. The van der Waals surface area contributed by atoms with Crippen molar-refractivity contribution < 1.29 is 19.6 Å². The van der Waals surface area contributed by atoms with Crippen molar-refractivity contribution in [1.29, 1.82) is 0 Å². The molecule has 0 radical (unpaired) electrons. The molecular formula is C13H13ClN2O5. The third kappa shape index (κ3) is 2.97. The van der Waals surface area contributed by atoms with E-state index in [2.05, 4.69) is 0 Å². The summed E-state index contributed by atoms with van der Waals surface area (Å²) in [4.78, 5) is 34.8. The standard InChI is InChI=1S/C13H13ClN2O5/c1-7-5-15(6-9(7)13(18)19)12(17)8-2-3-11(16(20)21)10(14)4-8/h2-4,7,9H,5-6H2,1H3,(H,18,19)/t7-,9-/m1/s1. The number of aliphatic carboxylic acids is 1. The maximum absolute atomic E-state index is 12.3. The number of nitrogens with zero attached hydrogens (tertiary/aromatic N) is 2. The first-order valence-corrected chi connectivity index (χ1v) is 6.65. The molecule has 8 heteroatoms. The molecule has 1 aromatic rings. The number of carboxylic acids is 1. The Morgan fingerprint density at radius 2 is 2.10 bits per heavy atom. The molecule has 1 amide bonds. The summed E-state index contributed by atoms with van der Waals surface area (Å²) >= 11 is 5.78. The molecule has 0 bridgehead atoms. The summed E-state index contributed by atoms with van der Waals surface area (Å²) in [5, 5.41) is 19.6. The number of hydrogen-bond acceptors (Lipinski definition) is 4. The van der Waals surface area contributed by atoms with Crippen molar-refractivity contribution in [2.75, 3.05) is 13.1 Å². The first kappa shape index (κ1) is 15.2. The number of hydrogen-bond donors (Lipinski definition) is 1. The van der Waals surface area contributed by atoms with Crippen LogP contribution in [0.4, 0.5) is 5.69 Å². The second-order valence-corrected chi connectivity index (χ2v) is 5.46. The molecule has 1 aliphatic heterocycles. The lowest BCUT2D eigenvalue weighted by Gasteiger charge is -2.16. The summed E-state index contributed by atoms with van der Waals surface area (Å²) in [7, 11) is 0. The van der Waals surface area contributed by atoms with Gasteiger partial charge in [0, 0.05) is 24.7 Å². The van der Waals surface area contributed by atoms with Gasteiger partial charge in [0.2, 0.25) is 0 Å². The van der Waals surface area contributed by atoms with Crippen LogP contribution in [-0.4, -0.2) is 39.9 Å². The lowest BCUT2D eigenvalue weighted by molar-refractivity contribution is -0.384. The Labute approximate surface area is 125 Å². The van der Waals surface area contributed by atoms with E-state index in [1.165, 1.54) is 23.1 Å². The van der Waals surface area contributed by atoms with Crippen LogP contribution in [0.2, 0.25) is 5.02 Å². The van der Waals surface area contributed by atoms with Crippen LogP contribution < -0.4 is 0 Å². The van der Waals surface area contributed by atoms with E-state index in [0.717, 1.165) is 0 Å². The van der Waals surface area contributed by atoms with Crippen molar-refractivity contribution in [2.45, 2.75) is 6.92 Å². The molecule has 0 saturated carbocycles. The normalized spacial score (nSPS) is 21.3. The number of nitro benzene ring substituents is 1. The second-order valence-electron chi connectivity index (χ2n) is 5.06. The minimum atomic E-state index is -0.931. The molecule has 1 heterocycles. The van der Waals surface area contributed by atoms with Gasteiger partial charge in [-0.25, -0.2) is 0 Å². The quantitative estimate of drug-likeness (QED) is 0.680. The van der Waals surface area contributed by atoms with Gasteiger partial charge < -0.3 is 10.0 Å². The van der Waals surface area contributed by atoms with Gasteiger partial charge in [0.05, 0.1) is 10.8 Å². The van der Waals surface area contributed by atoms with E-state index in [-0.39, 0.29) is 34.6 Å². The van der Waals surface area contributed by atoms with Crippen LogP contribution in [0, 0.1) is 22.0 Å². The van der Waals surface area contributed by atoms with Gasteiger partial charge in [0.25, 0.3) is 11.6 Å². The van der Waals surface area contributed by atoms with Gasteiger partial charge in [0.15, 0.2) is 0 Å². The Morgan fingerprint density at radius 1 is 1.43 bits per heavy atom. The van der Waals surface area contributed by atoms with Crippen LogP contribution in [-0.2, 0) is 4.79 Å². The zero-order valence-corrected chi connectivity index (χ0v) is 11.9. The number of halogens is 1. The van der Waals surface area contributed by atoms with Crippen molar-refractivity contribution in [2.24, 2.45) is 11.8 Å². The second kappa shape index (κ2) is 5.69. The van der Waals surface area contributed by atoms with Gasteiger partial charge >= 0.3 is 5.97 Å². The molecule has 2 atom stereocenters. The topological polar surface area (TPSA) is 101 Å². The zero-order chi connectivity index (χ0) is 15.7. The van der Waals surface area contributed by atoms with Crippen molar-refractivity contribution in [3.63, 3.8) is 0 Å². The van der Waals surface area contributed by atoms with Crippen molar-refractivity contribution >= 4 is 29.2 Å². The van der Waals surface area contributed by atoms with E-state index < -0.39 is 16.8 Å². The fourth-order valence-electron chi connectivity index (χ4n) is 2.42. The molecule has 1 fully saturated rings. The Morgan fingerprint density at radius 3 is 2.57 bits per heavy atom. The van der Waals surface area contributed by atoms with Crippen LogP contribution in [0.5, 0.6) is 0 Å². The molecule has 0 spiro atoms. The molecule has 1 N–H and O–H groups in total. The van der Waals surface area contributed by atoms with Gasteiger partial charge in [-0.15, -0.1) is 0 Å². The predicted molar refractivity (Wildman–Crippen MR) is 74.3 cm³/mol. The Bertz CT molecular complexity index is 619. The van der Waals surface area contributed by atoms with Gasteiger partial charge in [-0.3, -0.25) is 19.7 Å². The molecule has 2 rings (SSSR count). The third-order valence-corrected chi connectivity index (χ3v) is 3.91. The number of nitro groups is 1. The molecule has 0 unspecified atom stereocenters. The van der Waals surface area contributed by atoms with Crippen molar-refractivity contribution in [1.82, 2.24) is 4.90 Å². The van der Waals surface area contributed by atoms with Gasteiger partial charge in [0.1, 0.15) is 5.02 Å². The van der Waals surface area contributed by atoms with Gasteiger partial charge in [-0.05, 0) is 18.1 Å². The molecule has 1 aromatic carbocycles. The highest BCUT2D eigenvalue weighted by molar-refractivity contribution is 6.33. The number of benzene rings is 1. The first-order valence-electron chi connectivity index (χ1n) is 6.27. The summed E-state index contributed by atoms with van der Waals surface area (Å²) in [6.07, 6.45) is 0. The fourth-order valence-corrected chi connectivity index (χ4v) is 2.67. The molecule has 21 heavy (non-hydrogen) atoms. The van der Waals surface area contributed by atoms with E-state index in [9.17, 15) is 19.7 Å². The predicted octanol–water partition coefficient (Wildman–Crippen LogP) is 2.04. The third-order valence-electron chi connectivity index (χ3n) is 3.61. The van der Waals surface area contributed by atoms with E-state index >= 15 is 0 Å². The van der Waals surface area contributed by atoms with E-state index in [1.54, 1.807) is 6.92 Å². The van der Waals surface area contributed by atoms with E-state index in [1.807, 2.05) is 0 Å². The Kier molecular flexibility index (Phi) is 4.13. The minimum Gasteiger partial charge on any atom is -0.481 e. The molecule has 1 aliphatic rings. The smallest absolute Gasteiger partial charge is 0.308 e. The highest BCUT2D eigenvalue weighted by Gasteiger charge is 2.37. The number of likely N-dealkylation sites (tertiary alicyclic amines) is 1. The van der Waals surface area contributed by atoms with Crippen LogP contribution in [0.3, 0.4) is 0 Å². The van der Waals surface area contributed by atoms with Crippen LogP contribution in [0.25, 0.3) is 0 Å². The molecule has 0 aromatic heterocycles. The average Bonchev–Trinajstić information content (AvgIpc) is 2.79. The summed E-state index contributed by atoms with van der Waals surface area (Å²) < 4.78 is 0. The van der Waals surface area contributed by atoms with Crippen molar-refractivity contribution in [3.8, 4) is 0 Å². The summed E-state index contributed by atoms with van der Waals surface area (Å²) in [6, 6.07) is 3.73. The maximum Gasteiger partial charge on any atom is 0.308 e. The number of carbonyl (C=O) groups is 2. The van der Waals surface area contributed by atoms with Crippen LogP contribution in [0.1, 0.15) is 17.3 Å². The summed E-state index contributed by atoms with van der Waals surface area (Å²) in [6.45, 7) is 2.24. The molecule has 7 nitrogen and oxygen atoms in total. The SMILES string of the molecule is C[C@@H]1CN(C(=O)c2ccc([N+](=O)[O-])c(Cl)c2)C[C@H]1C(=O)O. The van der Waals surface area contributed by atoms with Crippen LogP contribution in [0.15, 0.2) is 18.2 Å². The molecular weight excluding hydrogens is 300 g/mol. The van der Waals surface area contributed by atoms with E-state index in [4.69, 9.17) is 16.7 Å². The summed E-state index contributed by atoms with van der Waals surface area (Å²) in [5.74, 6) is -2.04. The Balaban J connectivity index is 2.20. The average molecular weight is 313 g/mol. The number of amides is 1. The highest BCUT2D eigenvalue weighted by atomic mass is 35.5. The lowest BCUT2D eigenvalue weighted by atomic mass is 9.99. The van der Waals surface area contributed by atoms with Gasteiger partial charge in [-0.1, -0.05) is 18.5 Å². The Hall–Kier alpha value is -2.15. The van der Waals surface area contributed by atoms with E-state index in [0.29, 0.717) is 6.54 Å². The fraction of sp³-hybridized carbons (Fsp3) is 0.385. The molecule has 1 saturated heterocycles. The number of rotatable bonds is 3. The minimum absolute atomic E-state index is 0.118. The lowest BCUT2D eigenvalue weighted by Crippen LogP contribution is -2.29. The first-order chi connectivity index (χ1) is 9.81. The van der Waals surface area contributed by atoms with Crippen LogP contribution >= 0.6 is 11.6 Å².